The van der Waals surface area contributed by atoms with E-state index in [4.69, 9.17) is 0 Å². The van der Waals surface area contributed by atoms with Crippen molar-refractivity contribution in [2.45, 2.75) is 49.7 Å². The molecule has 0 aromatic carbocycles. The summed E-state index contributed by atoms with van der Waals surface area (Å²) in [7, 11) is 0. The number of nitrogens with zero attached hydrogens (tertiary/aromatic N) is 2. The normalized spacial score (nSPS) is 15.5. The summed E-state index contributed by atoms with van der Waals surface area (Å²) in [5.41, 5.74) is 0. The summed E-state index contributed by atoms with van der Waals surface area (Å²) < 4.78 is 54.6. The van der Waals surface area contributed by atoms with Crippen LogP contribution in [0.4, 0.5) is 17.9 Å². The Hall–Kier alpha value is 0.0700. The third-order valence-electron chi connectivity index (χ3n) is 2.57. The van der Waals surface area contributed by atoms with Crippen molar-refractivity contribution in [1.82, 2.24) is 10.7 Å². The number of hydrogen-bond donors (Lipinski definition) is 0. The molecule has 20 heavy (non-hydrogen) atoms. The molecule has 10 heteroatoms. The number of carbonyl (C=O) groups excluding carboxylic acids is 1. The Bertz CT molecular complexity index is 312. The lowest BCUT2D eigenvalue weighted by Crippen LogP contribution is -2.54. The van der Waals surface area contributed by atoms with Crippen LogP contribution < -0.4 is 0 Å². The highest BCUT2D eigenvalue weighted by Crippen LogP contribution is 2.34. The molecule has 0 N–H and O–H groups in total. The fraction of sp³-hybridized carbons (Fsp3) is 0.900. The van der Waals surface area contributed by atoms with E-state index in [1.807, 2.05) is 0 Å². The van der Waals surface area contributed by atoms with E-state index < -0.39 is 33.3 Å². The minimum Gasteiger partial charge on any atom is -0.419 e. The largest absolute Gasteiger partial charge is 0.419 e. The molecule has 0 rings (SSSR count). The average molecular weight is 432 g/mol. The SMILES string of the molecule is CCCCCC(OC(=O)C(C)(Br)CBr)(N(F)F)N(F)F. The molecule has 0 aliphatic heterocycles. The summed E-state index contributed by atoms with van der Waals surface area (Å²) in [4.78, 5) is 11.7. The van der Waals surface area contributed by atoms with Crippen LogP contribution in [0, 0.1) is 0 Å². The Morgan fingerprint density at radius 2 is 1.70 bits per heavy atom. The van der Waals surface area contributed by atoms with E-state index in [2.05, 4.69) is 36.6 Å². The minimum atomic E-state index is -3.37. The molecule has 0 aliphatic rings. The number of unbranched alkanes of at least 4 members (excludes halogenated alkanes) is 2. The number of alkyl halides is 2. The van der Waals surface area contributed by atoms with Crippen molar-refractivity contribution in [3.8, 4) is 0 Å². The Labute approximate surface area is 131 Å². The van der Waals surface area contributed by atoms with Crippen molar-refractivity contribution in [3.63, 3.8) is 0 Å². The van der Waals surface area contributed by atoms with Crippen LogP contribution in [0.15, 0.2) is 0 Å². The van der Waals surface area contributed by atoms with Crippen LogP contribution in [0.5, 0.6) is 0 Å². The second-order valence-corrected chi connectivity index (χ2v) is 6.70. The van der Waals surface area contributed by atoms with Crippen molar-refractivity contribution in [3.05, 3.63) is 0 Å². The van der Waals surface area contributed by atoms with Gasteiger partial charge in [-0.25, -0.2) is 0 Å². The van der Waals surface area contributed by atoms with Crippen molar-refractivity contribution in [1.29, 1.82) is 0 Å². The highest BCUT2D eigenvalue weighted by molar-refractivity contribution is 9.12. The monoisotopic (exact) mass is 430 g/mol. The lowest BCUT2D eigenvalue weighted by molar-refractivity contribution is -0.445. The summed E-state index contributed by atoms with van der Waals surface area (Å²) in [5, 5.41) is -3.54. The molecule has 0 heterocycles. The molecular formula is C10H16Br2F4N2O2. The summed E-state index contributed by atoms with van der Waals surface area (Å²) in [6.07, 6.45) is 0.466. The fourth-order valence-corrected chi connectivity index (χ4v) is 1.57. The van der Waals surface area contributed by atoms with Gasteiger partial charge in [0.2, 0.25) is 0 Å². The van der Waals surface area contributed by atoms with Crippen LogP contribution in [-0.2, 0) is 9.53 Å². The first-order valence-corrected chi connectivity index (χ1v) is 7.77. The highest BCUT2D eigenvalue weighted by Gasteiger charge is 2.53. The van der Waals surface area contributed by atoms with E-state index in [1.54, 1.807) is 6.92 Å². The minimum absolute atomic E-state index is 0.0149. The molecule has 0 aromatic rings. The zero-order valence-corrected chi connectivity index (χ0v) is 14.2. The van der Waals surface area contributed by atoms with E-state index in [9.17, 15) is 22.7 Å². The van der Waals surface area contributed by atoms with Gasteiger partial charge >= 0.3 is 11.8 Å². The van der Waals surface area contributed by atoms with Gasteiger partial charge in [-0.1, -0.05) is 69.6 Å². The zero-order chi connectivity index (χ0) is 16.0. The molecule has 0 radical (unpaired) electrons. The number of rotatable bonds is 9. The molecule has 4 nitrogen and oxygen atoms in total. The molecule has 1 atom stereocenters. The predicted octanol–water partition coefficient (Wildman–Crippen LogP) is 4.45. The number of carbonyl (C=O) groups is 1. The third kappa shape index (κ3) is 5.12. The quantitative estimate of drug-likeness (QED) is 0.135. The molecule has 120 valence electrons. The van der Waals surface area contributed by atoms with Crippen LogP contribution in [0.2, 0.25) is 0 Å². The van der Waals surface area contributed by atoms with Gasteiger partial charge in [-0.05, 0) is 13.3 Å². The number of hydrogen-bond acceptors (Lipinski definition) is 4. The fourth-order valence-electron chi connectivity index (χ4n) is 1.26. The lowest BCUT2D eigenvalue weighted by atomic mass is 10.1. The first-order valence-electron chi connectivity index (χ1n) is 5.86. The average Bonchev–Trinajstić information content (AvgIpc) is 2.36. The standard InChI is InChI=1S/C10H16Br2F4N2O2/c1-3-4-5-6-10(17(13)14,18(15)16)20-8(19)9(2,12)7-11/h3-7H2,1-2H3. The first kappa shape index (κ1) is 20.1. The Morgan fingerprint density at radius 1 is 1.20 bits per heavy atom. The molecule has 0 spiro atoms. The number of esters is 1. The molecule has 0 saturated heterocycles. The Balaban J connectivity index is 5.15. The second-order valence-electron chi connectivity index (χ2n) is 4.39. The van der Waals surface area contributed by atoms with Gasteiger partial charge in [0.15, 0.2) is 0 Å². The smallest absolute Gasteiger partial charge is 0.335 e. The number of halogens is 6. The van der Waals surface area contributed by atoms with Gasteiger partial charge in [0, 0.05) is 11.8 Å². The highest BCUT2D eigenvalue weighted by atomic mass is 79.9. The summed E-state index contributed by atoms with van der Waals surface area (Å²) >= 11 is 5.90. The molecule has 0 saturated carbocycles. The van der Waals surface area contributed by atoms with E-state index in [0.717, 1.165) is 0 Å². The van der Waals surface area contributed by atoms with Crippen LogP contribution in [-0.4, -0.2) is 32.2 Å². The maximum atomic E-state index is 12.9. The van der Waals surface area contributed by atoms with E-state index >= 15 is 0 Å². The first-order chi connectivity index (χ1) is 9.14. The second kappa shape index (κ2) is 8.50. The zero-order valence-electron chi connectivity index (χ0n) is 11.0. The van der Waals surface area contributed by atoms with Gasteiger partial charge in [-0.3, -0.25) is 4.79 Å². The van der Waals surface area contributed by atoms with Crippen LogP contribution in [0.1, 0.15) is 39.5 Å². The van der Waals surface area contributed by atoms with Gasteiger partial charge in [0.25, 0.3) is 0 Å². The summed E-state index contributed by atoms with van der Waals surface area (Å²) in [6.45, 7) is 3.11. The third-order valence-corrected chi connectivity index (χ3v) is 5.05. The Morgan fingerprint density at radius 3 is 2.05 bits per heavy atom. The topological polar surface area (TPSA) is 32.8 Å². The van der Waals surface area contributed by atoms with Crippen molar-refractivity contribution in [2.75, 3.05) is 5.33 Å². The van der Waals surface area contributed by atoms with Crippen molar-refractivity contribution >= 4 is 37.8 Å². The van der Waals surface area contributed by atoms with Gasteiger partial charge in [-0.15, -0.1) is 0 Å². The van der Waals surface area contributed by atoms with Crippen LogP contribution in [0.25, 0.3) is 0 Å². The van der Waals surface area contributed by atoms with E-state index in [1.165, 1.54) is 6.92 Å². The van der Waals surface area contributed by atoms with Crippen molar-refractivity contribution < 1.29 is 27.5 Å². The molecule has 0 amide bonds. The van der Waals surface area contributed by atoms with Gasteiger partial charge in [-0.2, -0.15) is 0 Å². The molecule has 0 bridgehead atoms. The van der Waals surface area contributed by atoms with Crippen LogP contribution in [0.3, 0.4) is 0 Å². The van der Waals surface area contributed by atoms with Crippen LogP contribution >= 0.6 is 31.9 Å². The molecule has 1 unspecified atom stereocenters. The van der Waals surface area contributed by atoms with E-state index in [0.29, 0.717) is 12.8 Å². The van der Waals surface area contributed by atoms with Gasteiger partial charge in [0.05, 0.1) is 10.7 Å². The maximum absolute atomic E-state index is 12.9. The molecule has 0 aromatic heterocycles. The maximum Gasteiger partial charge on any atom is 0.335 e. The van der Waals surface area contributed by atoms with Gasteiger partial charge in [0.1, 0.15) is 4.32 Å². The van der Waals surface area contributed by atoms with Crippen molar-refractivity contribution in [2.24, 2.45) is 0 Å². The summed E-state index contributed by atoms with van der Waals surface area (Å²) in [6, 6.07) is 0. The molecule has 0 aliphatic carbocycles. The number of ether oxygens (including phenoxy) is 1. The molecular weight excluding hydrogens is 416 g/mol. The summed E-state index contributed by atoms with van der Waals surface area (Å²) in [5.74, 6) is -4.59. The van der Waals surface area contributed by atoms with Gasteiger partial charge < -0.3 is 4.74 Å². The Kier molecular flexibility index (Phi) is 8.53. The van der Waals surface area contributed by atoms with E-state index in [-0.39, 0.29) is 11.8 Å². The molecule has 0 fully saturated rings. The predicted molar refractivity (Wildman–Crippen MR) is 72.2 cm³/mol. The lowest BCUT2D eigenvalue weighted by Gasteiger charge is -2.34.